The van der Waals surface area contributed by atoms with Crippen LogP contribution in [0, 0.1) is 6.92 Å². The summed E-state index contributed by atoms with van der Waals surface area (Å²) in [6.45, 7) is 6.82. The van der Waals surface area contributed by atoms with Crippen LogP contribution in [0.25, 0.3) is 0 Å². The van der Waals surface area contributed by atoms with Crippen molar-refractivity contribution in [3.8, 4) is 0 Å². The number of rotatable bonds is 10. The van der Waals surface area contributed by atoms with E-state index in [9.17, 15) is 0 Å². The van der Waals surface area contributed by atoms with Crippen LogP contribution in [0.1, 0.15) is 81.9 Å². The van der Waals surface area contributed by atoms with Crippen molar-refractivity contribution in [1.29, 1.82) is 0 Å². The van der Waals surface area contributed by atoms with Crippen LogP contribution in [0.15, 0.2) is 18.2 Å². The molecule has 0 aliphatic heterocycles. The molecule has 0 saturated heterocycles. The van der Waals surface area contributed by atoms with Crippen molar-refractivity contribution >= 4 is 0 Å². The molecule has 0 heterocycles. The first-order chi connectivity index (χ1) is 9.27. The predicted molar refractivity (Wildman–Crippen MR) is 86.9 cm³/mol. The first-order valence-corrected chi connectivity index (χ1v) is 8.36. The van der Waals surface area contributed by atoms with Crippen molar-refractivity contribution in [3.63, 3.8) is 0 Å². The van der Waals surface area contributed by atoms with Gasteiger partial charge in [-0.25, -0.2) is 0 Å². The number of unbranched alkanes of at least 4 members (excludes halogenated alkanes) is 6. The Balaban J connectivity index is 2.42. The Kier molecular flexibility index (Phi) is 8.62. The standard InChI is InChI=1S/C19H32/c1-4-6-8-10-12-18-15-14-17(3)19(16-18)13-11-9-7-5-2/h14-16H,4-13H2,1-3H3. The lowest BCUT2D eigenvalue weighted by molar-refractivity contribution is 0.660. The molecule has 0 aliphatic carbocycles. The minimum atomic E-state index is 1.27. The highest BCUT2D eigenvalue weighted by Crippen LogP contribution is 2.17. The minimum absolute atomic E-state index is 1.27. The third-order valence-corrected chi connectivity index (χ3v) is 4.03. The second-order valence-corrected chi connectivity index (χ2v) is 5.88. The highest BCUT2D eigenvalue weighted by Gasteiger charge is 2.01. The second kappa shape index (κ2) is 10.1. The summed E-state index contributed by atoms with van der Waals surface area (Å²) in [7, 11) is 0. The normalized spacial score (nSPS) is 10.9. The van der Waals surface area contributed by atoms with Gasteiger partial charge in [-0.05, 0) is 49.3 Å². The van der Waals surface area contributed by atoms with Crippen molar-refractivity contribution in [2.45, 2.75) is 85.0 Å². The molecule has 0 amide bonds. The molecule has 0 aromatic heterocycles. The molecule has 0 saturated carbocycles. The lowest BCUT2D eigenvalue weighted by Gasteiger charge is -2.09. The molecule has 19 heavy (non-hydrogen) atoms. The van der Waals surface area contributed by atoms with Gasteiger partial charge in [0, 0.05) is 0 Å². The molecule has 0 heteroatoms. The highest BCUT2D eigenvalue weighted by molar-refractivity contribution is 5.31. The second-order valence-electron chi connectivity index (χ2n) is 5.88. The van der Waals surface area contributed by atoms with Gasteiger partial charge in [0.25, 0.3) is 0 Å². The lowest BCUT2D eigenvalue weighted by Crippen LogP contribution is -1.94. The van der Waals surface area contributed by atoms with E-state index in [0.29, 0.717) is 0 Å². The summed E-state index contributed by atoms with van der Waals surface area (Å²) < 4.78 is 0. The van der Waals surface area contributed by atoms with Crippen LogP contribution >= 0.6 is 0 Å². The average molecular weight is 260 g/mol. The molecule has 0 radical (unpaired) electrons. The number of benzene rings is 1. The Morgan fingerprint density at radius 2 is 1.37 bits per heavy atom. The first kappa shape index (κ1) is 16.3. The van der Waals surface area contributed by atoms with Gasteiger partial charge in [0.05, 0.1) is 0 Å². The van der Waals surface area contributed by atoms with Gasteiger partial charge < -0.3 is 0 Å². The van der Waals surface area contributed by atoms with Crippen LogP contribution < -0.4 is 0 Å². The monoisotopic (exact) mass is 260 g/mol. The molecule has 1 aromatic rings. The van der Waals surface area contributed by atoms with Gasteiger partial charge in [-0.3, -0.25) is 0 Å². The Morgan fingerprint density at radius 3 is 2.00 bits per heavy atom. The molecule has 0 unspecified atom stereocenters. The Labute approximate surface area is 120 Å². The molecule has 0 fully saturated rings. The van der Waals surface area contributed by atoms with Gasteiger partial charge in [0.1, 0.15) is 0 Å². The van der Waals surface area contributed by atoms with E-state index in [2.05, 4.69) is 39.0 Å². The van der Waals surface area contributed by atoms with Crippen molar-refractivity contribution in [1.82, 2.24) is 0 Å². The molecule has 0 spiro atoms. The highest BCUT2D eigenvalue weighted by atomic mass is 14.1. The Morgan fingerprint density at radius 1 is 0.737 bits per heavy atom. The predicted octanol–water partition coefficient (Wildman–Crippen LogP) is 6.24. The zero-order valence-corrected chi connectivity index (χ0v) is 13.3. The quantitative estimate of drug-likeness (QED) is 0.437. The van der Waals surface area contributed by atoms with Gasteiger partial charge >= 0.3 is 0 Å². The number of hydrogen-bond acceptors (Lipinski definition) is 0. The van der Waals surface area contributed by atoms with E-state index in [4.69, 9.17) is 0 Å². The zero-order valence-electron chi connectivity index (χ0n) is 13.3. The van der Waals surface area contributed by atoms with E-state index >= 15 is 0 Å². The fourth-order valence-electron chi connectivity index (χ4n) is 2.65. The summed E-state index contributed by atoms with van der Waals surface area (Å²) in [5.41, 5.74) is 4.62. The van der Waals surface area contributed by atoms with Gasteiger partial charge in [-0.2, -0.15) is 0 Å². The molecule has 1 aromatic carbocycles. The van der Waals surface area contributed by atoms with Crippen LogP contribution in [-0.2, 0) is 12.8 Å². The van der Waals surface area contributed by atoms with E-state index in [0.717, 1.165) is 0 Å². The number of aryl methyl sites for hydroxylation is 3. The van der Waals surface area contributed by atoms with Crippen LogP contribution in [0.4, 0.5) is 0 Å². The van der Waals surface area contributed by atoms with Crippen molar-refractivity contribution < 1.29 is 0 Å². The summed E-state index contributed by atoms with van der Waals surface area (Å²) in [4.78, 5) is 0. The molecule has 0 atom stereocenters. The smallest absolute Gasteiger partial charge is 0.0276 e. The van der Waals surface area contributed by atoms with E-state index < -0.39 is 0 Å². The van der Waals surface area contributed by atoms with Gasteiger partial charge in [-0.15, -0.1) is 0 Å². The summed E-state index contributed by atoms with van der Waals surface area (Å²) in [6, 6.07) is 7.12. The maximum Gasteiger partial charge on any atom is -0.0276 e. The topological polar surface area (TPSA) is 0 Å². The summed E-state index contributed by atoms with van der Waals surface area (Å²) in [6.07, 6.45) is 13.4. The summed E-state index contributed by atoms with van der Waals surface area (Å²) in [5, 5.41) is 0. The molecule has 0 N–H and O–H groups in total. The largest absolute Gasteiger partial charge is 0.0654 e. The maximum absolute atomic E-state index is 2.47. The first-order valence-electron chi connectivity index (χ1n) is 8.36. The van der Waals surface area contributed by atoms with Gasteiger partial charge in [0.15, 0.2) is 0 Å². The average Bonchev–Trinajstić information content (AvgIpc) is 2.42. The molecule has 108 valence electrons. The SMILES string of the molecule is CCCCCCc1ccc(C)c(CCCCCC)c1. The van der Waals surface area contributed by atoms with Crippen LogP contribution in [0.5, 0.6) is 0 Å². The molecular weight excluding hydrogens is 228 g/mol. The fourth-order valence-corrected chi connectivity index (χ4v) is 2.65. The van der Waals surface area contributed by atoms with E-state index in [1.54, 1.807) is 11.1 Å². The summed E-state index contributed by atoms with van der Waals surface area (Å²) >= 11 is 0. The Hall–Kier alpha value is -0.780. The van der Waals surface area contributed by atoms with Crippen LogP contribution in [0.3, 0.4) is 0 Å². The van der Waals surface area contributed by atoms with E-state index in [1.165, 1.54) is 69.8 Å². The third-order valence-electron chi connectivity index (χ3n) is 4.03. The zero-order chi connectivity index (χ0) is 13.9. The van der Waals surface area contributed by atoms with Crippen molar-refractivity contribution in [3.05, 3.63) is 34.9 Å². The lowest BCUT2D eigenvalue weighted by atomic mass is 9.97. The van der Waals surface area contributed by atoms with Gasteiger partial charge in [-0.1, -0.05) is 70.6 Å². The van der Waals surface area contributed by atoms with Crippen LogP contribution in [0.2, 0.25) is 0 Å². The molecule has 1 rings (SSSR count). The van der Waals surface area contributed by atoms with Crippen molar-refractivity contribution in [2.75, 3.05) is 0 Å². The summed E-state index contributed by atoms with van der Waals surface area (Å²) in [5.74, 6) is 0. The Bertz CT molecular complexity index is 338. The van der Waals surface area contributed by atoms with Crippen molar-refractivity contribution in [2.24, 2.45) is 0 Å². The molecular formula is C19H32. The third kappa shape index (κ3) is 6.80. The number of hydrogen-bond donors (Lipinski definition) is 0. The minimum Gasteiger partial charge on any atom is -0.0654 e. The maximum atomic E-state index is 2.47. The van der Waals surface area contributed by atoms with Crippen LogP contribution in [-0.4, -0.2) is 0 Å². The molecule has 0 nitrogen and oxygen atoms in total. The fraction of sp³-hybridized carbons (Fsp3) is 0.684. The van der Waals surface area contributed by atoms with Gasteiger partial charge in [0.2, 0.25) is 0 Å². The van der Waals surface area contributed by atoms with E-state index in [1.807, 2.05) is 0 Å². The van der Waals surface area contributed by atoms with E-state index in [-0.39, 0.29) is 0 Å². The molecule has 0 bridgehead atoms. The molecule has 0 aliphatic rings.